The number of esters is 1. The zero-order valence-electron chi connectivity index (χ0n) is 17.5. The Kier molecular flexibility index (Phi) is 5.98. The van der Waals surface area contributed by atoms with Gasteiger partial charge in [-0.05, 0) is 36.8 Å². The number of rotatable bonds is 6. The minimum absolute atomic E-state index is 0.209. The third kappa shape index (κ3) is 4.36. The molecule has 166 valence electrons. The molecule has 3 aromatic rings. The number of carbonyl (C=O) groups excluding carboxylic acids is 2. The molecule has 0 saturated carbocycles. The van der Waals surface area contributed by atoms with E-state index in [-0.39, 0.29) is 12.0 Å². The van der Waals surface area contributed by atoms with Crippen LogP contribution in [0.1, 0.15) is 6.92 Å². The first kappa shape index (κ1) is 21.2. The average Bonchev–Trinajstić information content (AvgIpc) is 2.82. The molecule has 0 bridgehead atoms. The molecule has 2 aromatic carbocycles. The smallest absolute Gasteiger partial charge is 0.328 e. The number of hydrogen-bond acceptors (Lipinski definition) is 8. The second-order valence-electron chi connectivity index (χ2n) is 7.10. The average molecular weight is 439 g/mol. The Morgan fingerprint density at radius 1 is 1.09 bits per heavy atom. The Labute approximate surface area is 182 Å². The van der Waals surface area contributed by atoms with Crippen LogP contribution in [0.5, 0.6) is 17.2 Å². The molecule has 0 radical (unpaired) electrons. The zero-order valence-corrected chi connectivity index (χ0v) is 17.5. The molecule has 1 N–H and O–H groups in total. The normalized spacial score (nSPS) is 13.3. The molecule has 1 aliphatic heterocycles. The molecule has 1 aromatic heterocycles. The van der Waals surface area contributed by atoms with Gasteiger partial charge in [0.2, 0.25) is 0 Å². The van der Waals surface area contributed by atoms with Crippen LogP contribution in [0.2, 0.25) is 0 Å². The summed E-state index contributed by atoms with van der Waals surface area (Å²) in [6, 6.07) is 9.17. The van der Waals surface area contributed by atoms with E-state index in [0.29, 0.717) is 52.6 Å². The molecule has 1 amide bonds. The van der Waals surface area contributed by atoms with Crippen molar-refractivity contribution in [2.75, 3.05) is 26.9 Å². The standard InChI is InChI=1S/C23H21NO8/c1-13(23(27)28-2)24-21(25)12-31-15-4-5-16-19(10-15)32-11-17(22(16)26)14-3-6-18-20(9-14)30-8-7-29-18/h3-6,9-11,13H,7-8,12H2,1-2H3,(H,24,25). The molecule has 2 heterocycles. The molecule has 4 rings (SSSR count). The van der Waals surface area contributed by atoms with Gasteiger partial charge in [0.1, 0.15) is 36.9 Å². The van der Waals surface area contributed by atoms with Gasteiger partial charge < -0.3 is 28.7 Å². The number of ether oxygens (including phenoxy) is 4. The predicted octanol–water partition coefficient (Wildman–Crippen LogP) is 2.29. The van der Waals surface area contributed by atoms with Gasteiger partial charge in [-0.25, -0.2) is 4.79 Å². The van der Waals surface area contributed by atoms with Crippen molar-refractivity contribution in [3.05, 3.63) is 52.9 Å². The quantitative estimate of drug-likeness (QED) is 0.582. The fourth-order valence-corrected chi connectivity index (χ4v) is 3.28. The number of benzene rings is 2. The largest absolute Gasteiger partial charge is 0.486 e. The van der Waals surface area contributed by atoms with Crippen LogP contribution < -0.4 is 25.0 Å². The van der Waals surface area contributed by atoms with E-state index in [2.05, 4.69) is 10.1 Å². The van der Waals surface area contributed by atoms with E-state index in [9.17, 15) is 14.4 Å². The number of carbonyl (C=O) groups is 2. The van der Waals surface area contributed by atoms with Gasteiger partial charge in [-0.2, -0.15) is 0 Å². The third-order valence-electron chi connectivity index (χ3n) is 4.90. The first-order valence-electron chi connectivity index (χ1n) is 9.92. The molecule has 32 heavy (non-hydrogen) atoms. The van der Waals surface area contributed by atoms with Crippen LogP contribution in [0.3, 0.4) is 0 Å². The summed E-state index contributed by atoms with van der Waals surface area (Å²) in [6.07, 6.45) is 1.38. The van der Waals surface area contributed by atoms with E-state index < -0.39 is 17.9 Å². The molecule has 9 heteroatoms. The van der Waals surface area contributed by atoms with Crippen LogP contribution in [0.4, 0.5) is 0 Å². The number of amides is 1. The fourth-order valence-electron chi connectivity index (χ4n) is 3.28. The van der Waals surface area contributed by atoms with Gasteiger partial charge in [0.15, 0.2) is 23.5 Å². The van der Waals surface area contributed by atoms with Crippen molar-refractivity contribution in [3.63, 3.8) is 0 Å². The lowest BCUT2D eigenvalue weighted by Gasteiger charge is -2.18. The van der Waals surface area contributed by atoms with E-state index in [1.807, 2.05) is 0 Å². The maximum atomic E-state index is 13.0. The van der Waals surface area contributed by atoms with E-state index in [1.54, 1.807) is 30.3 Å². The van der Waals surface area contributed by atoms with Crippen molar-refractivity contribution >= 4 is 22.8 Å². The molecular formula is C23H21NO8. The van der Waals surface area contributed by atoms with Crippen LogP contribution in [0.25, 0.3) is 22.1 Å². The second-order valence-corrected chi connectivity index (χ2v) is 7.10. The number of methoxy groups -OCH3 is 1. The van der Waals surface area contributed by atoms with E-state index >= 15 is 0 Å². The van der Waals surface area contributed by atoms with Gasteiger partial charge in [0, 0.05) is 6.07 Å². The van der Waals surface area contributed by atoms with E-state index in [4.69, 9.17) is 18.6 Å². The van der Waals surface area contributed by atoms with Gasteiger partial charge >= 0.3 is 5.97 Å². The van der Waals surface area contributed by atoms with Crippen LogP contribution in [0.15, 0.2) is 51.9 Å². The van der Waals surface area contributed by atoms with Gasteiger partial charge in [0.05, 0.1) is 18.1 Å². The molecule has 0 aliphatic carbocycles. The summed E-state index contributed by atoms with van der Waals surface area (Å²) in [7, 11) is 1.24. The van der Waals surface area contributed by atoms with Crippen LogP contribution >= 0.6 is 0 Å². The first-order valence-corrected chi connectivity index (χ1v) is 9.92. The Morgan fingerprint density at radius 3 is 2.66 bits per heavy atom. The lowest BCUT2D eigenvalue weighted by atomic mass is 10.0. The van der Waals surface area contributed by atoms with Gasteiger partial charge in [-0.1, -0.05) is 6.07 Å². The molecule has 1 atom stereocenters. The molecule has 1 aliphatic rings. The zero-order chi connectivity index (χ0) is 22.7. The van der Waals surface area contributed by atoms with Crippen LogP contribution in [-0.2, 0) is 14.3 Å². The molecule has 0 fully saturated rings. The number of hydrogen-bond donors (Lipinski definition) is 1. The fraction of sp³-hybridized carbons (Fsp3) is 0.261. The van der Waals surface area contributed by atoms with Crippen molar-refractivity contribution in [2.24, 2.45) is 0 Å². The van der Waals surface area contributed by atoms with Crippen molar-refractivity contribution in [1.29, 1.82) is 0 Å². The maximum Gasteiger partial charge on any atom is 0.328 e. The highest BCUT2D eigenvalue weighted by Gasteiger charge is 2.17. The Bertz CT molecular complexity index is 1230. The lowest BCUT2D eigenvalue weighted by molar-refractivity contribution is -0.144. The van der Waals surface area contributed by atoms with Crippen LogP contribution in [-0.4, -0.2) is 44.8 Å². The van der Waals surface area contributed by atoms with Gasteiger partial charge in [-0.3, -0.25) is 9.59 Å². The maximum absolute atomic E-state index is 13.0. The molecule has 0 saturated heterocycles. The lowest BCUT2D eigenvalue weighted by Crippen LogP contribution is -2.41. The first-order chi connectivity index (χ1) is 15.5. The van der Waals surface area contributed by atoms with Gasteiger partial charge in [-0.15, -0.1) is 0 Å². The van der Waals surface area contributed by atoms with Crippen molar-refractivity contribution < 1.29 is 33.0 Å². The topological polar surface area (TPSA) is 113 Å². The molecule has 1 unspecified atom stereocenters. The minimum atomic E-state index is -0.787. The highest BCUT2D eigenvalue weighted by Crippen LogP contribution is 2.34. The number of nitrogens with one attached hydrogen (secondary N) is 1. The molecular weight excluding hydrogens is 418 g/mol. The molecule has 9 nitrogen and oxygen atoms in total. The summed E-state index contributed by atoms with van der Waals surface area (Å²) in [4.78, 5) is 36.3. The van der Waals surface area contributed by atoms with Crippen molar-refractivity contribution in [2.45, 2.75) is 13.0 Å². The summed E-state index contributed by atoms with van der Waals surface area (Å²) in [6.45, 7) is 2.13. The van der Waals surface area contributed by atoms with Crippen LogP contribution in [0, 0.1) is 0 Å². The van der Waals surface area contributed by atoms with E-state index in [0.717, 1.165) is 0 Å². The van der Waals surface area contributed by atoms with Crippen molar-refractivity contribution in [3.8, 4) is 28.4 Å². The SMILES string of the molecule is COC(=O)C(C)NC(=O)COc1ccc2c(=O)c(-c3ccc4c(c3)OCCO4)coc2c1. The summed E-state index contributed by atoms with van der Waals surface area (Å²) in [5.74, 6) is 0.514. The summed E-state index contributed by atoms with van der Waals surface area (Å²) in [5.41, 5.74) is 1.15. The summed E-state index contributed by atoms with van der Waals surface area (Å²) >= 11 is 0. The predicted molar refractivity (Wildman–Crippen MR) is 114 cm³/mol. The number of fused-ring (bicyclic) bond motifs is 2. The monoisotopic (exact) mass is 439 g/mol. The third-order valence-corrected chi connectivity index (χ3v) is 4.90. The highest BCUT2D eigenvalue weighted by atomic mass is 16.6. The highest BCUT2D eigenvalue weighted by molar-refractivity contribution is 5.85. The molecule has 0 spiro atoms. The van der Waals surface area contributed by atoms with Gasteiger partial charge in [0.25, 0.3) is 5.91 Å². The van der Waals surface area contributed by atoms with Crippen molar-refractivity contribution in [1.82, 2.24) is 5.32 Å². The Morgan fingerprint density at radius 2 is 1.88 bits per heavy atom. The Hall–Kier alpha value is -4.01. The minimum Gasteiger partial charge on any atom is -0.486 e. The summed E-state index contributed by atoms with van der Waals surface area (Å²) in [5, 5.41) is 2.83. The Balaban J connectivity index is 1.51. The summed E-state index contributed by atoms with van der Waals surface area (Å²) < 4.78 is 26.8. The second kappa shape index (κ2) is 9.01. The van der Waals surface area contributed by atoms with E-state index in [1.165, 1.54) is 26.4 Å².